The Kier molecular flexibility index (Phi) is 7.56. The van der Waals surface area contributed by atoms with Crippen molar-refractivity contribution in [2.45, 2.75) is 68.6 Å². The first-order chi connectivity index (χ1) is 12.2. The standard InChI is InChI=1S/C9H7.C7H19OSi2.C4H10N.2ClH.Zr/c1-2-5-9-7-3-6-8(9)4-1;1-9-7-5-6-8-10(2,3)4;1-4(2,3)5;;;/h1-7H;9H,5-7H2,1-4H3;5H,1-3H3;2*1H;/q;;-1;;;+3/p-2. The first-order valence-electron chi connectivity index (χ1n) is 10.0. The molecule has 1 aliphatic carbocycles. The Hall–Kier alpha value is 0.777. The number of hydrogen-bond acceptors (Lipinski definition) is 2. The van der Waals surface area contributed by atoms with Gasteiger partial charge in [-0.25, -0.2) is 0 Å². The predicted molar refractivity (Wildman–Crippen MR) is 125 cm³/mol. The summed E-state index contributed by atoms with van der Waals surface area (Å²) in [6.07, 6.45) is 5.54. The molecule has 1 aromatic rings. The third kappa shape index (κ3) is 6.13. The van der Waals surface area contributed by atoms with Gasteiger partial charge in [-0.1, -0.05) is 0 Å². The van der Waals surface area contributed by atoms with Gasteiger partial charge in [-0.05, 0) is 0 Å². The Morgan fingerprint density at radius 2 is 1.81 bits per heavy atom. The minimum atomic E-state index is -4.30. The van der Waals surface area contributed by atoms with Gasteiger partial charge in [0.05, 0.1) is 0 Å². The summed E-state index contributed by atoms with van der Waals surface area (Å²) in [5.74, 6) is -1.43. The summed E-state index contributed by atoms with van der Waals surface area (Å²) in [6.45, 7) is 16.5. The second-order valence-electron chi connectivity index (χ2n) is 10.00. The van der Waals surface area contributed by atoms with Crippen molar-refractivity contribution in [3.05, 3.63) is 41.5 Å². The van der Waals surface area contributed by atoms with Gasteiger partial charge < -0.3 is 0 Å². The van der Waals surface area contributed by atoms with E-state index >= 15 is 0 Å². The number of hydrogen-bond donors (Lipinski definition) is 1. The maximum absolute atomic E-state index is 7.67. The maximum atomic E-state index is 7.67. The van der Waals surface area contributed by atoms with Crippen LogP contribution in [0.2, 0.25) is 32.2 Å². The first kappa shape index (κ1) is 24.1. The van der Waals surface area contributed by atoms with Gasteiger partial charge in [0.15, 0.2) is 0 Å². The number of benzene rings is 1. The molecule has 2 unspecified atom stereocenters. The molecule has 0 amide bonds. The van der Waals surface area contributed by atoms with Gasteiger partial charge in [-0.2, -0.15) is 0 Å². The molecule has 153 valence electrons. The van der Waals surface area contributed by atoms with Gasteiger partial charge in [-0.3, -0.25) is 0 Å². The van der Waals surface area contributed by atoms with Crippen LogP contribution in [0.4, 0.5) is 0 Å². The van der Waals surface area contributed by atoms with Gasteiger partial charge in [0.1, 0.15) is 0 Å². The van der Waals surface area contributed by atoms with E-state index in [-0.39, 0.29) is 9.16 Å². The van der Waals surface area contributed by atoms with Crippen LogP contribution in [0.1, 0.15) is 41.9 Å². The molecule has 0 heterocycles. The zero-order valence-electron chi connectivity index (χ0n) is 17.9. The van der Waals surface area contributed by atoms with Crippen molar-refractivity contribution in [3.63, 3.8) is 0 Å². The van der Waals surface area contributed by atoms with E-state index in [1.165, 1.54) is 11.1 Å². The molecule has 1 aromatic carbocycles. The molecule has 0 radical (unpaired) electrons. The van der Waals surface area contributed by atoms with E-state index in [0.29, 0.717) is 0 Å². The van der Waals surface area contributed by atoms with Crippen LogP contribution in [0.15, 0.2) is 30.3 Å². The molecule has 2 rings (SSSR count). The Morgan fingerprint density at radius 1 is 1.19 bits per heavy atom. The van der Waals surface area contributed by atoms with E-state index < -0.39 is 30.1 Å². The Balaban J connectivity index is 2.28. The molecule has 2 atom stereocenters. The van der Waals surface area contributed by atoms with Gasteiger partial charge >= 0.3 is 178 Å². The molecule has 7 heteroatoms. The minimum absolute atomic E-state index is 0.101. The Bertz CT molecular complexity index is 698. The van der Waals surface area contributed by atoms with Crippen LogP contribution >= 0.6 is 17.0 Å². The van der Waals surface area contributed by atoms with Gasteiger partial charge in [0, 0.05) is 0 Å². The molecule has 0 bridgehead atoms. The monoisotopic (exact) mass is 522 g/mol. The van der Waals surface area contributed by atoms with Crippen LogP contribution in [0, 0.1) is 0 Å². The molecular formula is C20H36Cl2NOSi2Zr. The number of allylic oxidation sites excluding steroid dienone is 1. The topological polar surface area (TPSA) is 21.3 Å². The zero-order valence-corrected chi connectivity index (χ0v) is 24.0. The van der Waals surface area contributed by atoms with Gasteiger partial charge in [0.25, 0.3) is 0 Å². The predicted octanol–water partition coefficient (Wildman–Crippen LogP) is 6.65. The summed E-state index contributed by atoms with van der Waals surface area (Å²) in [4.78, 5) is 0. The average Bonchev–Trinajstić information content (AvgIpc) is 2.93. The summed E-state index contributed by atoms with van der Waals surface area (Å²) < 4.78 is 10.1. The third-order valence-electron chi connectivity index (χ3n) is 5.20. The van der Waals surface area contributed by atoms with Crippen molar-refractivity contribution < 1.29 is 20.3 Å². The van der Waals surface area contributed by atoms with E-state index in [0.717, 1.165) is 19.1 Å². The number of halogens is 2. The fourth-order valence-corrected chi connectivity index (χ4v) is 39.5. The number of fused-ring (bicyclic) bond motifs is 1. The summed E-state index contributed by atoms with van der Waals surface area (Å²) in [6, 6.07) is 9.69. The van der Waals surface area contributed by atoms with Crippen LogP contribution < -0.4 is 3.26 Å². The number of nitrogens with one attached hydrogen (secondary N) is 1. The molecular weight excluding hydrogens is 489 g/mol. The summed E-state index contributed by atoms with van der Waals surface area (Å²) in [5.41, 5.74) is 2.47. The van der Waals surface area contributed by atoms with Crippen LogP contribution in [-0.4, -0.2) is 26.4 Å². The Morgan fingerprint density at radius 3 is 2.41 bits per heavy atom. The second-order valence-corrected chi connectivity index (χ2v) is 54.2. The van der Waals surface area contributed by atoms with Crippen LogP contribution in [0.25, 0.3) is 6.08 Å². The zero-order chi connectivity index (χ0) is 20.5. The van der Waals surface area contributed by atoms with E-state index in [1.54, 1.807) is 0 Å². The van der Waals surface area contributed by atoms with Crippen molar-refractivity contribution >= 4 is 37.3 Å². The molecule has 0 saturated carbocycles. The quantitative estimate of drug-likeness (QED) is 0.304. The van der Waals surface area contributed by atoms with Crippen LogP contribution in [0.5, 0.6) is 0 Å². The molecule has 0 fully saturated rings. The van der Waals surface area contributed by atoms with Crippen molar-refractivity contribution in [1.82, 2.24) is 3.26 Å². The normalized spacial score (nSPS) is 20.2. The van der Waals surface area contributed by atoms with Crippen LogP contribution in [-0.2, 0) is 20.3 Å². The fourth-order valence-electron chi connectivity index (χ4n) is 3.97. The molecule has 27 heavy (non-hydrogen) atoms. The van der Waals surface area contributed by atoms with E-state index in [4.69, 9.17) is 21.5 Å². The van der Waals surface area contributed by atoms with Crippen molar-refractivity contribution in [2.24, 2.45) is 0 Å². The number of rotatable bonds is 8. The van der Waals surface area contributed by atoms with Crippen LogP contribution in [0.3, 0.4) is 0 Å². The molecule has 0 saturated heterocycles. The average molecular weight is 525 g/mol. The molecule has 1 aliphatic rings. The molecule has 1 N–H and O–H groups in total. The van der Waals surface area contributed by atoms with Gasteiger partial charge in [0.2, 0.25) is 0 Å². The summed E-state index contributed by atoms with van der Waals surface area (Å²) >= 11 is -4.30. The molecule has 2 nitrogen and oxygen atoms in total. The summed E-state index contributed by atoms with van der Waals surface area (Å²) in [7, 11) is 13.9. The first-order valence-corrected chi connectivity index (χ1v) is 29.2. The third-order valence-corrected chi connectivity index (χ3v) is 52.0. The van der Waals surface area contributed by atoms with Crippen molar-refractivity contribution in [3.8, 4) is 0 Å². The van der Waals surface area contributed by atoms with Crippen molar-refractivity contribution in [2.75, 3.05) is 6.61 Å². The van der Waals surface area contributed by atoms with E-state index in [9.17, 15) is 0 Å². The second kappa shape index (κ2) is 8.49. The fraction of sp³-hybridized carbons (Fsp3) is 0.600. The Labute approximate surface area is 176 Å². The SMILES string of the molecule is C[SiH](CCCO[Si](C)(C)C)[Zr]([Cl])([Cl])([NH]C(C)(C)C)[CH]1C=Cc2ccccc21. The molecule has 0 spiro atoms. The summed E-state index contributed by atoms with van der Waals surface area (Å²) in [5, 5.41) is 0. The van der Waals surface area contributed by atoms with Gasteiger partial charge in [-0.15, -0.1) is 0 Å². The van der Waals surface area contributed by atoms with E-state index in [2.05, 4.69) is 86.6 Å². The van der Waals surface area contributed by atoms with E-state index in [1.807, 2.05) is 0 Å². The van der Waals surface area contributed by atoms with Crippen molar-refractivity contribution in [1.29, 1.82) is 0 Å². The molecule has 0 aliphatic heterocycles. The molecule has 0 aromatic heterocycles.